The second-order valence-corrected chi connectivity index (χ2v) is 6.38. The molecule has 4 nitrogen and oxygen atoms in total. The molecule has 0 aliphatic carbocycles. The Morgan fingerprint density at radius 1 is 1.15 bits per heavy atom. The van der Waals surface area contributed by atoms with Gasteiger partial charge in [-0.05, 0) is 42.7 Å². The van der Waals surface area contributed by atoms with Crippen LogP contribution in [-0.2, 0) is 17.4 Å². The van der Waals surface area contributed by atoms with Crippen molar-refractivity contribution in [3.63, 3.8) is 0 Å². The highest BCUT2D eigenvalue weighted by atomic mass is 19.4. The van der Waals surface area contributed by atoms with Crippen molar-refractivity contribution in [3.05, 3.63) is 59.7 Å². The van der Waals surface area contributed by atoms with Gasteiger partial charge < -0.3 is 15.0 Å². The van der Waals surface area contributed by atoms with Crippen molar-refractivity contribution in [2.75, 3.05) is 31.1 Å². The molecule has 0 unspecified atom stereocenters. The number of amides is 1. The van der Waals surface area contributed by atoms with Gasteiger partial charge in [-0.2, -0.15) is 13.2 Å². The number of alkyl halides is 3. The average molecular weight is 378 g/mol. The first-order valence-electron chi connectivity index (χ1n) is 8.83. The molecule has 1 aliphatic heterocycles. The summed E-state index contributed by atoms with van der Waals surface area (Å²) in [6.07, 6.45) is -2.62. The van der Waals surface area contributed by atoms with Crippen molar-refractivity contribution in [1.29, 1.82) is 0 Å². The molecule has 3 rings (SSSR count). The molecule has 0 radical (unpaired) electrons. The normalized spacial score (nSPS) is 13.4. The van der Waals surface area contributed by atoms with Gasteiger partial charge >= 0.3 is 6.18 Å². The molecule has 0 saturated heterocycles. The number of carbonyl (C=O) groups excluding carboxylic acids is 1. The molecule has 27 heavy (non-hydrogen) atoms. The molecule has 0 fully saturated rings. The quantitative estimate of drug-likeness (QED) is 0.748. The van der Waals surface area contributed by atoms with Crippen LogP contribution in [-0.4, -0.2) is 32.1 Å². The van der Waals surface area contributed by atoms with Gasteiger partial charge in [0.2, 0.25) is 0 Å². The number of hydrogen-bond donors (Lipinski definition) is 1. The Balaban J connectivity index is 1.37. The Bertz CT molecular complexity index is 793. The fourth-order valence-electron chi connectivity index (χ4n) is 3.10. The van der Waals surface area contributed by atoms with Crippen LogP contribution in [0, 0.1) is 0 Å². The van der Waals surface area contributed by atoms with E-state index in [0.29, 0.717) is 6.54 Å². The molecule has 144 valence electrons. The molecule has 2 aromatic rings. The lowest BCUT2D eigenvalue weighted by Gasteiger charge is -2.19. The molecule has 1 heterocycles. The van der Waals surface area contributed by atoms with Crippen LogP contribution < -0.4 is 15.0 Å². The smallest absolute Gasteiger partial charge is 0.416 e. The Labute approximate surface area is 155 Å². The van der Waals surface area contributed by atoms with Crippen molar-refractivity contribution in [3.8, 4) is 5.75 Å². The summed E-state index contributed by atoms with van der Waals surface area (Å²) >= 11 is 0. The van der Waals surface area contributed by atoms with Gasteiger partial charge in [0.25, 0.3) is 5.91 Å². The highest BCUT2D eigenvalue weighted by Crippen LogP contribution is 2.31. The number of ether oxygens (including phenoxy) is 1. The van der Waals surface area contributed by atoms with Crippen LogP contribution in [0.15, 0.2) is 48.5 Å². The zero-order valence-electron chi connectivity index (χ0n) is 14.8. The molecule has 0 saturated carbocycles. The molecule has 0 atom stereocenters. The first-order valence-corrected chi connectivity index (χ1v) is 8.83. The van der Waals surface area contributed by atoms with Crippen LogP contribution in [0.25, 0.3) is 0 Å². The van der Waals surface area contributed by atoms with Gasteiger partial charge in [0.15, 0.2) is 6.61 Å². The first kappa shape index (κ1) is 19.1. The first-order chi connectivity index (χ1) is 12.9. The number of benzene rings is 2. The summed E-state index contributed by atoms with van der Waals surface area (Å²) < 4.78 is 43.1. The van der Waals surface area contributed by atoms with Crippen LogP contribution in [0.1, 0.15) is 17.5 Å². The lowest BCUT2D eigenvalue weighted by Crippen LogP contribution is -2.32. The number of fused-ring (bicyclic) bond motifs is 1. The largest absolute Gasteiger partial charge is 0.484 e. The van der Waals surface area contributed by atoms with E-state index in [1.54, 1.807) is 0 Å². The van der Waals surface area contributed by atoms with E-state index in [2.05, 4.69) is 22.3 Å². The van der Waals surface area contributed by atoms with Crippen LogP contribution in [0.5, 0.6) is 5.75 Å². The number of rotatable bonds is 7. The maximum Gasteiger partial charge on any atom is 0.416 e. The summed E-state index contributed by atoms with van der Waals surface area (Å²) in [6, 6.07) is 12.8. The SMILES string of the molecule is O=C(COc1cccc(C(F)(F)F)c1)NCCCN1CCc2ccccc21. The minimum Gasteiger partial charge on any atom is -0.484 e. The van der Waals surface area contributed by atoms with E-state index >= 15 is 0 Å². The van der Waals surface area contributed by atoms with E-state index in [-0.39, 0.29) is 18.3 Å². The van der Waals surface area contributed by atoms with Gasteiger partial charge in [0.05, 0.1) is 5.56 Å². The molecule has 0 aromatic heterocycles. The Hall–Kier alpha value is -2.70. The van der Waals surface area contributed by atoms with Crippen molar-refractivity contribution >= 4 is 11.6 Å². The number of para-hydroxylation sites is 1. The summed E-state index contributed by atoms with van der Waals surface area (Å²) in [6.45, 7) is 2.00. The van der Waals surface area contributed by atoms with Gasteiger partial charge in [-0.25, -0.2) is 0 Å². The average Bonchev–Trinajstić information content (AvgIpc) is 3.06. The second kappa shape index (κ2) is 8.33. The third-order valence-corrected chi connectivity index (χ3v) is 4.44. The van der Waals surface area contributed by atoms with Crippen molar-refractivity contribution in [2.45, 2.75) is 19.0 Å². The van der Waals surface area contributed by atoms with E-state index in [9.17, 15) is 18.0 Å². The molecule has 7 heteroatoms. The van der Waals surface area contributed by atoms with Gasteiger partial charge in [-0.3, -0.25) is 4.79 Å². The van der Waals surface area contributed by atoms with Crippen molar-refractivity contribution in [1.82, 2.24) is 5.32 Å². The molecule has 0 bridgehead atoms. The zero-order chi connectivity index (χ0) is 19.3. The second-order valence-electron chi connectivity index (χ2n) is 6.38. The maximum absolute atomic E-state index is 12.7. The summed E-state index contributed by atoms with van der Waals surface area (Å²) in [5.41, 5.74) is 1.79. The number of nitrogens with one attached hydrogen (secondary N) is 1. The predicted molar refractivity (Wildman–Crippen MR) is 96.9 cm³/mol. The van der Waals surface area contributed by atoms with E-state index in [1.165, 1.54) is 23.4 Å². The fourth-order valence-corrected chi connectivity index (χ4v) is 3.10. The number of hydrogen-bond acceptors (Lipinski definition) is 3. The van der Waals surface area contributed by atoms with Crippen LogP contribution in [0.4, 0.5) is 18.9 Å². The Kier molecular flexibility index (Phi) is 5.88. The summed E-state index contributed by atoms with van der Waals surface area (Å²) in [5.74, 6) is -0.331. The third kappa shape index (κ3) is 5.15. The maximum atomic E-state index is 12.7. The number of halogens is 3. The summed E-state index contributed by atoms with van der Waals surface area (Å²) in [7, 11) is 0. The zero-order valence-corrected chi connectivity index (χ0v) is 14.8. The van der Waals surface area contributed by atoms with Crippen LogP contribution >= 0.6 is 0 Å². The molecule has 0 spiro atoms. The standard InChI is InChI=1S/C20H21F3N2O2/c21-20(22,23)16-6-3-7-17(13-16)27-14-19(26)24-10-4-11-25-12-9-15-5-1-2-8-18(15)25/h1-3,5-8,13H,4,9-12,14H2,(H,24,26). The Morgan fingerprint density at radius 2 is 1.96 bits per heavy atom. The lowest BCUT2D eigenvalue weighted by molar-refractivity contribution is -0.137. The molecular formula is C20H21F3N2O2. The minimum atomic E-state index is -4.43. The number of nitrogens with zero attached hydrogens (tertiary/aromatic N) is 1. The number of anilines is 1. The molecule has 1 aliphatic rings. The van der Waals surface area contributed by atoms with E-state index in [1.807, 2.05) is 12.1 Å². The van der Waals surface area contributed by atoms with E-state index in [0.717, 1.165) is 38.1 Å². The van der Waals surface area contributed by atoms with E-state index < -0.39 is 11.7 Å². The minimum absolute atomic E-state index is 0.0219. The molecular weight excluding hydrogens is 357 g/mol. The van der Waals surface area contributed by atoms with Crippen LogP contribution in [0.3, 0.4) is 0 Å². The number of carbonyl (C=O) groups is 1. The summed E-state index contributed by atoms with van der Waals surface area (Å²) in [5, 5.41) is 2.73. The molecule has 1 amide bonds. The highest BCUT2D eigenvalue weighted by molar-refractivity contribution is 5.77. The van der Waals surface area contributed by atoms with Gasteiger partial charge in [-0.15, -0.1) is 0 Å². The van der Waals surface area contributed by atoms with Gasteiger partial charge in [-0.1, -0.05) is 24.3 Å². The van der Waals surface area contributed by atoms with Crippen molar-refractivity contribution in [2.24, 2.45) is 0 Å². The van der Waals surface area contributed by atoms with Crippen LogP contribution in [0.2, 0.25) is 0 Å². The molecule has 2 aromatic carbocycles. The third-order valence-electron chi connectivity index (χ3n) is 4.44. The monoisotopic (exact) mass is 378 g/mol. The fraction of sp³-hybridized carbons (Fsp3) is 0.350. The van der Waals surface area contributed by atoms with Crippen molar-refractivity contribution < 1.29 is 22.7 Å². The lowest BCUT2D eigenvalue weighted by atomic mass is 10.2. The van der Waals surface area contributed by atoms with E-state index in [4.69, 9.17) is 4.74 Å². The topological polar surface area (TPSA) is 41.6 Å². The Morgan fingerprint density at radius 3 is 2.78 bits per heavy atom. The highest BCUT2D eigenvalue weighted by Gasteiger charge is 2.30. The molecule has 1 N–H and O–H groups in total. The van der Waals surface area contributed by atoms with Gasteiger partial charge in [0.1, 0.15) is 5.75 Å². The van der Waals surface area contributed by atoms with Gasteiger partial charge in [0, 0.05) is 25.3 Å². The predicted octanol–water partition coefficient (Wildman–Crippen LogP) is 3.65. The summed E-state index contributed by atoms with van der Waals surface area (Å²) in [4.78, 5) is 14.1.